The van der Waals surface area contributed by atoms with Crippen molar-refractivity contribution in [3.63, 3.8) is 0 Å². The molecule has 9 heteroatoms. The van der Waals surface area contributed by atoms with E-state index in [2.05, 4.69) is 16.2 Å². The van der Waals surface area contributed by atoms with Crippen LogP contribution in [0.15, 0.2) is 18.2 Å². The number of carbonyl (C=O) groups is 3. The molecule has 0 aliphatic rings. The van der Waals surface area contributed by atoms with E-state index in [0.29, 0.717) is 17.9 Å². The summed E-state index contributed by atoms with van der Waals surface area (Å²) in [5, 5.41) is 2.37. The lowest BCUT2D eigenvalue weighted by Crippen LogP contribution is -2.55. The monoisotopic (exact) mass is 352 g/mol. The number of urea groups is 1. The molecule has 1 aromatic rings. The number of nitrogens with one attached hydrogen (secondary N) is 3. The molecule has 1 rings (SSSR count). The van der Waals surface area contributed by atoms with Gasteiger partial charge in [-0.1, -0.05) is 20.3 Å². The molecular weight excluding hydrogens is 328 g/mol. The van der Waals surface area contributed by atoms with Crippen molar-refractivity contribution in [2.24, 2.45) is 11.7 Å². The van der Waals surface area contributed by atoms with Crippen LogP contribution in [-0.4, -0.2) is 38.1 Å². The van der Waals surface area contributed by atoms with E-state index in [1.54, 1.807) is 13.0 Å². The van der Waals surface area contributed by atoms with Gasteiger partial charge in [-0.15, -0.1) is 0 Å². The van der Waals surface area contributed by atoms with Gasteiger partial charge in [-0.25, -0.2) is 4.79 Å². The summed E-state index contributed by atoms with van der Waals surface area (Å²) in [5.74, 6) is -0.433. The number of hydrogen-bond donors (Lipinski definition) is 4. The first kappa shape index (κ1) is 20.1. The molecule has 0 fully saturated rings. The van der Waals surface area contributed by atoms with Gasteiger partial charge in [0.2, 0.25) is 0 Å². The molecule has 0 spiro atoms. The highest BCUT2D eigenvalue weighted by molar-refractivity contribution is 5.97. The molecule has 0 aromatic heterocycles. The Morgan fingerprint density at radius 3 is 2.08 bits per heavy atom. The van der Waals surface area contributed by atoms with Crippen LogP contribution in [0.5, 0.6) is 11.5 Å². The third-order valence-electron chi connectivity index (χ3n) is 3.71. The van der Waals surface area contributed by atoms with E-state index < -0.39 is 23.9 Å². The second-order valence-electron chi connectivity index (χ2n) is 5.42. The summed E-state index contributed by atoms with van der Waals surface area (Å²) < 4.78 is 10.2. The molecule has 0 heterocycles. The van der Waals surface area contributed by atoms with Crippen molar-refractivity contribution in [1.82, 2.24) is 16.2 Å². The van der Waals surface area contributed by atoms with E-state index in [-0.39, 0.29) is 11.5 Å². The van der Waals surface area contributed by atoms with E-state index in [0.717, 1.165) is 0 Å². The van der Waals surface area contributed by atoms with E-state index >= 15 is 0 Å². The number of carbonyl (C=O) groups excluding carboxylic acids is 3. The van der Waals surface area contributed by atoms with Crippen molar-refractivity contribution in [2.75, 3.05) is 14.2 Å². The molecule has 25 heavy (non-hydrogen) atoms. The largest absolute Gasteiger partial charge is 0.497 e. The lowest BCUT2D eigenvalue weighted by atomic mass is 9.99. The van der Waals surface area contributed by atoms with Crippen LogP contribution in [0.2, 0.25) is 0 Å². The number of methoxy groups -OCH3 is 2. The lowest BCUT2D eigenvalue weighted by Gasteiger charge is -2.22. The van der Waals surface area contributed by atoms with Crippen LogP contribution < -0.4 is 31.4 Å². The fourth-order valence-electron chi connectivity index (χ4n) is 2.06. The maximum Gasteiger partial charge on any atom is 0.312 e. The second kappa shape index (κ2) is 9.36. The van der Waals surface area contributed by atoms with Gasteiger partial charge in [0, 0.05) is 11.6 Å². The number of hydrogen-bond acceptors (Lipinski definition) is 5. The smallest absolute Gasteiger partial charge is 0.312 e. The second-order valence-corrected chi connectivity index (χ2v) is 5.42. The van der Waals surface area contributed by atoms with Crippen LogP contribution in [0, 0.1) is 5.92 Å². The summed E-state index contributed by atoms with van der Waals surface area (Å²) in [6, 6.07) is 2.94. The maximum atomic E-state index is 12.2. The summed E-state index contributed by atoms with van der Waals surface area (Å²) in [6.45, 7) is 3.66. The minimum atomic E-state index is -0.859. The van der Waals surface area contributed by atoms with Crippen molar-refractivity contribution < 1.29 is 23.9 Å². The molecule has 5 N–H and O–H groups in total. The first-order valence-corrected chi connectivity index (χ1v) is 7.71. The standard InChI is InChI=1S/C16H24N4O5/c1-5-9(2)13(18-16(17)23)15(22)20-19-14(21)10-6-11(24-3)8-12(7-10)25-4/h6-9,13H,5H2,1-4H3,(H,19,21)(H,20,22)(H3,17,18,23). The third-order valence-corrected chi connectivity index (χ3v) is 3.71. The Labute approximate surface area is 146 Å². The number of nitrogens with two attached hydrogens (primary N) is 1. The van der Waals surface area contributed by atoms with Gasteiger partial charge in [0.1, 0.15) is 17.5 Å². The molecule has 2 unspecified atom stereocenters. The van der Waals surface area contributed by atoms with Crippen molar-refractivity contribution in [3.05, 3.63) is 23.8 Å². The topological polar surface area (TPSA) is 132 Å². The average Bonchev–Trinajstić information content (AvgIpc) is 2.62. The van der Waals surface area contributed by atoms with Gasteiger partial charge in [-0.3, -0.25) is 20.4 Å². The average molecular weight is 352 g/mol. The Hall–Kier alpha value is -2.97. The number of amides is 4. The Morgan fingerprint density at radius 2 is 1.64 bits per heavy atom. The Bertz CT molecular complexity index is 613. The molecule has 4 amide bonds. The van der Waals surface area contributed by atoms with Gasteiger partial charge in [0.25, 0.3) is 11.8 Å². The fourth-order valence-corrected chi connectivity index (χ4v) is 2.06. The maximum absolute atomic E-state index is 12.2. The number of hydrazine groups is 1. The summed E-state index contributed by atoms with van der Waals surface area (Å²) in [4.78, 5) is 35.5. The first-order chi connectivity index (χ1) is 11.8. The Balaban J connectivity index is 2.80. The highest BCUT2D eigenvalue weighted by Gasteiger charge is 2.25. The van der Waals surface area contributed by atoms with E-state index in [1.165, 1.54) is 26.4 Å². The molecule has 0 aliphatic heterocycles. The minimum Gasteiger partial charge on any atom is -0.497 e. The number of rotatable bonds is 7. The number of primary amides is 1. The van der Waals surface area contributed by atoms with Crippen LogP contribution >= 0.6 is 0 Å². The molecule has 2 atom stereocenters. The van der Waals surface area contributed by atoms with E-state index in [1.807, 2.05) is 6.92 Å². The predicted octanol–water partition coefficient (Wildman–Crippen LogP) is 0.548. The van der Waals surface area contributed by atoms with E-state index in [4.69, 9.17) is 15.2 Å². The zero-order valence-corrected chi connectivity index (χ0v) is 14.7. The Morgan fingerprint density at radius 1 is 1.08 bits per heavy atom. The van der Waals surface area contributed by atoms with Gasteiger partial charge < -0.3 is 20.5 Å². The normalized spacial score (nSPS) is 12.5. The minimum absolute atomic E-state index is 0.165. The highest BCUT2D eigenvalue weighted by atomic mass is 16.5. The molecular formula is C16H24N4O5. The third kappa shape index (κ3) is 5.87. The van der Waals surface area contributed by atoms with Crippen LogP contribution in [-0.2, 0) is 4.79 Å². The van der Waals surface area contributed by atoms with Crippen LogP contribution in [0.3, 0.4) is 0 Å². The van der Waals surface area contributed by atoms with Crippen LogP contribution in [0.4, 0.5) is 4.79 Å². The zero-order valence-electron chi connectivity index (χ0n) is 14.7. The predicted molar refractivity (Wildman–Crippen MR) is 91.1 cm³/mol. The number of benzene rings is 1. The van der Waals surface area contributed by atoms with Crippen LogP contribution in [0.25, 0.3) is 0 Å². The molecule has 0 saturated carbocycles. The zero-order chi connectivity index (χ0) is 19.0. The summed E-state index contributed by atoms with van der Waals surface area (Å²) in [6.07, 6.45) is 0.638. The molecule has 1 aromatic carbocycles. The summed E-state index contributed by atoms with van der Waals surface area (Å²) in [5.41, 5.74) is 9.90. The first-order valence-electron chi connectivity index (χ1n) is 7.71. The van der Waals surface area contributed by atoms with Gasteiger partial charge in [-0.05, 0) is 18.1 Å². The fraction of sp³-hybridized carbons (Fsp3) is 0.438. The van der Waals surface area contributed by atoms with Crippen molar-refractivity contribution in [2.45, 2.75) is 26.3 Å². The van der Waals surface area contributed by atoms with Crippen molar-refractivity contribution in [3.8, 4) is 11.5 Å². The number of ether oxygens (including phenoxy) is 2. The summed E-state index contributed by atoms with van der Waals surface area (Å²) >= 11 is 0. The SMILES string of the molecule is CCC(C)C(NC(N)=O)C(=O)NNC(=O)c1cc(OC)cc(OC)c1. The van der Waals surface area contributed by atoms with Crippen molar-refractivity contribution in [1.29, 1.82) is 0 Å². The highest BCUT2D eigenvalue weighted by Crippen LogP contribution is 2.22. The lowest BCUT2D eigenvalue weighted by molar-refractivity contribution is -0.124. The molecule has 9 nitrogen and oxygen atoms in total. The van der Waals surface area contributed by atoms with Gasteiger partial charge in [0.15, 0.2) is 0 Å². The Kier molecular flexibility index (Phi) is 7.51. The van der Waals surface area contributed by atoms with E-state index in [9.17, 15) is 14.4 Å². The quantitative estimate of drug-likeness (QED) is 0.532. The van der Waals surface area contributed by atoms with Gasteiger partial charge in [-0.2, -0.15) is 0 Å². The van der Waals surface area contributed by atoms with Gasteiger partial charge in [0.05, 0.1) is 14.2 Å². The summed E-state index contributed by atoms with van der Waals surface area (Å²) in [7, 11) is 2.93. The molecule has 0 aliphatic carbocycles. The van der Waals surface area contributed by atoms with Crippen LogP contribution in [0.1, 0.15) is 30.6 Å². The van der Waals surface area contributed by atoms with Crippen molar-refractivity contribution >= 4 is 17.8 Å². The van der Waals surface area contributed by atoms with Gasteiger partial charge >= 0.3 is 6.03 Å². The molecule has 0 saturated heterocycles. The molecule has 0 bridgehead atoms. The molecule has 0 radical (unpaired) electrons. The molecule has 138 valence electrons.